The highest BCUT2D eigenvalue weighted by atomic mass is 16.7. The maximum Gasteiger partial charge on any atom is 0.315 e. The Kier molecular flexibility index (Phi) is 14.0. The number of esters is 1. The van der Waals surface area contributed by atoms with Crippen LogP contribution in [0, 0.1) is 56.7 Å². The molecule has 382 valence electrons. The first-order valence-corrected chi connectivity index (χ1v) is 24.5. The van der Waals surface area contributed by atoms with Crippen molar-refractivity contribution in [3.8, 4) is 0 Å². The fourth-order valence-corrected chi connectivity index (χ4v) is 15.4. The second-order valence-corrected chi connectivity index (χ2v) is 22.8. The zero-order chi connectivity index (χ0) is 49.1. The predicted octanol–water partition coefficient (Wildman–Crippen LogP) is 0.0887. The molecule has 19 heteroatoms. The number of rotatable bonds is 9. The summed E-state index contributed by atoms with van der Waals surface area (Å²) >= 11 is 0. The monoisotopic (exact) mass is 956 g/mol. The van der Waals surface area contributed by atoms with Crippen molar-refractivity contribution in [1.29, 1.82) is 0 Å². The highest BCUT2D eigenvalue weighted by Crippen LogP contribution is 2.76. The van der Waals surface area contributed by atoms with Crippen LogP contribution in [0.5, 0.6) is 0 Å². The number of aliphatic hydroxyl groups is 10. The van der Waals surface area contributed by atoms with Crippen molar-refractivity contribution in [1.82, 2.24) is 0 Å². The molecule has 5 aliphatic carbocycles. The number of carbonyl (C=O) groups is 2. The van der Waals surface area contributed by atoms with Crippen molar-refractivity contribution in [2.75, 3.05) is 13.2 Å². The third-order valence-electron chi connectivity index (χ3n) is 19.4. The number of hydrogen-bond donors (Lipinski definition) is 11. The van der Waals surface area contributed by atoms with Gasteiger partial charge in [0.1, 0.15) is 67.1 Å². The molecule has 25 atom stereocenters. The van der Waals surface area contributed by atoms with Crippen LogP contribution >= 0.6 is 0 Å². The summed E-state index contributed by atoms with van der Waals surface area (Å²) in [5.74, 6) is -2.10. The number of ether oxygens (including phenoxy) is 6. The van der Waals surface area contributed by atoms with E-state index in [2.05, 4.69) is 47.6 Å². The Morgan fingerprint density at radius 1 is 0.657 bits per heavy atom. The molecule has 0 amide bonds. The summed E-state index contributed by atoms with van der Waals surface area (Å²) in [5, 5.41) is 117. The number of carboxylic acids is 1. The van der Waals surface area contributed by atoms with Gasteiger partial charge in [-0.25, -0.2) is 0 Å². The molecule has 19 nitrogen and oxygen atoms in total. The molecule has 0 radical (unpaired) electrons. The molecule has 0 aromatic carbocycles. The number of aliphatic carboxylic acids is 1. The number of aliphatic hydroxyl groups excluding tert-OH is 10. The van der Waals surface area contributed by atoms with Crippen molar-refractivity contribution in [2.24, 2.45) is 56.7 Å². The number of carbonyl (C=O) groups excluding carboxylic acids is 1. The molecular formula is C48H76O19. The summed E-state index contributed by atoms with van der Waals surface area (Å²) in [6.45, 7) is 13.1. The van der Waals surface area contributed by atoms with Crippen molar-refractivity contribution in [3.05, 3.63) is 11.6 Å². The standard InChI is InChI=1S/C48H76O19/c1-20-10-15-47(43(61)67-41-36(57)33(54)31(52)25(19-50)64-41)16-17-48(42(59)60)23(29(47)21(20)2)8-9-27-45(6)13-12-28(44(4,5)26(45)11-14-46(27,48)7)65-39-37(58)34(55)38(22(3)62-39)66-40-35(56)32(53)30(51)24(18-49)63-40/h8,20-22,24-41,49-58H,9-19H2,1-7H3,(H,59,60)/t20-,21+,22+,24?,25?,26?,27?,28+,29+,30?,31?,32?,33?,34+,35?,36?,37-,38+,39+,40?,41?,45+,46-,47+,48-/m0/s1. The van der Waals surface area contributed by atoms with Gasteiger partial charge in [-0.1, -0.05) is 53.2 Å². The summed E-state index contributed by atoms with van der Waals surface area (Å²) in [6.07, 6.45) is -16.3. The van der Waals surface area contributed by atoms with E-state index in [9.17, 15) is 65.8 Å². The number of hydrogen-bond acceptors (Lipinski definition) is 18. The van der Waals surface area contributed by atoms with E-state index in [0.717, 1.165) is 5.57 Å². The molecule has 7 fully saturated rings. The van der Waals surface area contributed by atoms with Crippen LogP contribution in [-0.2, 0) is 38.0 Å². The van der Waals surface area contributed by atoms with Crippen molar-refractivity contribution < 1.29 is 94.2 Å². The van der Waals surface area contributed by atoms with E-state index in [4.69, 9.17) is 28.4 Å². The van der Waals surface area contributed by atoms with Crippen molar-refractivity contribution >= 4 is 11.9 Å². The number of fused-ring (bicyclic) bond motifs is 7. The van der Waals surface area contributed by atoms with Crippen LogP contribution in [0.25, 0.3) is 0 Å². The number of allylic oxidation sites excluding steroid dienone is 1. The molecule has 4 saturated carbocycles. The Balaban J connectivity index is 1.03. The number of carboxylic acid groups (broad SMARTS) is 1. The summed E-state index contributed by atoms with van der Waals surface area (Å²) in [4.78, 5) is 29.1. The summed E-state index contributed by atoms with van der Waals surface area (Å²) < 4.78 is 35.6. The van der Waals surface area contributed by atoms with Gasteiger partial charge in [0, 0.05) is 0 Å². The molecule has 0 aromatic rings. The third-order valence-corrected chi connectivity index (χ3v) is 19.4. The molecular weight excluding hydrogens is 881 g/mol. The third kappa shape index (κ3) is 7.70. The second kappa shape index (κ2) is 18.3. The van der Waals surface area contributed by atoms with Gasteiger partial charge in [0.15, 0.2) is 12.6 Å². The van der Waals surface area contributed by atoms with E-state index in [1.165, 1.54) is 0 Å². The summed E-state index contributed by atoms with van der Waals surface area (Å²) in [7, 11) is 0. The Hall–Kier alpha value is -1.92. The molecule has 11 N–H and O–H groups in total. The first-order chi connectivity index (χ1) is 31.4. The summed E-state index contributed by atoms with van der Waals surface area (Å²) in [6, 6.07) is 0. The SMILES string of the molecule is C[C@@H]1[C@@H](C)CC[C@@]2(C(=O)OC3OC(CO)C(O)C(O)C3O)CC[C@@]3(C(=O)O)C(=CCC4[C@]5(C)CC[C@@H](O[C@H]6O[C@H](C)[C@@H](OC7OC(CO)C(O)C(O)C7O)[C@H](O)[C@@H]6O)C(C)(C)C5CC[C@@]43C)[C@@H]12. The Morgan fingerprint density at radius 3 is 1.85 bits per heavy atom. The van der Waals surface area contributed by atoms with Crippen LogP contribution in [-0.4, -0.2) is 180 Å². The quantitative estimate of drug-likeness (QED) is 0.0829. The maximum absolute atomic E-state index is 14.7. The zero-order valence-electron chi connectivity index (χ0n) is 39.7. The molecule has 3 heterocycles. The van der Waals surface area contributed by atoms with Crippen LogP contribution in [0.2, 0.25) is 0 Å². The lowest BCUT2D eigenvalue weighted by Gasteiger charge is -2.70. The lowest BCUT2D eigenvalue weighted by molar-refractivity contribution is -0.364. The fourth-order valence-electron chi connectivity index (χ4n) is 15.4. The molecule has 0 bridgehead atoms. The van der Waals surface area contributed by atoms with E-state index in [1.54, 1.807) is 6.92 Å². The molecule has 3 aliphatic heterocycles. The van der Waals surface area contributed by atoms with E-state index in [-0.39, 0.29) is 41.9 Å². The van der Waals surface area contributed by atoms with Gasteiger partial charge in [0.05, 0.1) is 36.3 Å². The molecule has 12 unspecified atom stereocenters. The normalized spacial score (nSPS) is 54.0. The van der Waals surface area contributed by atoms with E-state index < -0.39 is 151 Å². The van der Waals surface area contributed by atoms with Gasteiger partial charge < -0.3 is 84.6 Å². The minimum Gasteiger partial charge on any atom is -0.481 e. The lowest BCUT2D eigenvalue weighted by Crippen LogP contribution is -2.68. The lowest BCUT2D eigenvalue weighted by atomic mass is 9.33. The van der Waals surface area contributed by atoms with Crippen LogP contribution in [0.3, 0.4) is 0 Å². The van der Waals surface area contributed by atoms with Crippen molar-refractivity contribution in [3.63, 3.8) is 0 Å². The van der Waals surface area contributed by atoms with E-state index in [0.29, 0.717) is 44.9 Å². The molecule has 0 aromatic heterocycles. The van der Waals surface area contributed by atoms with Crippen LogP contribution < -0.4 is 0 Å². The fraction of sp³-hybridized carbons (Fsp3) is 0.917. The average molecular weight is 957 g/mol. The molecule has 0 spiro atoms. The summed E-state index contributed by atoms with van der Waals surface area (Å²) in [5.41, 5.74) is -3.35. The van der Waals surface area contributed by atoms with Gasteiger partial charge in [0.25, 0.3) is 0 Å². The van der Waals surface area contributed by atoms with Crippen LogP contribution in [0.15, 0.2) is 11.6 Å². The van der Waals surface area contributed by atoms with Gasteiger partial charge >= 0.3 is 11.9 Å². The minimum atomic E-state index is -1.78. The predicted molar refractivity (Wildman–Crippen MR) is 231 cm³/mol. The van der Waals surface area contributed by atoms with Crippen molar-refractivity contribution in [2.45, 2.75) is 204 Å². The van der Waals surface area contributed by atoms with Gasteiger partial charge in [-0.3, -0.25) is 9.59 Å². The largest absolute Gasteiger partial charge is 0.481 e. The second-order valence-electron chi connectivity index (χ2n) is 22.8. The van der Waals surface area contributed by atoms with Gasteiger partial charge in [0.2, 0.25) is 6.29 Å². The molecule has 3 saturated heterocycles. The van der Waals surface area contributed by atoms with E-state index in [1.807, 2.05) is 0 Å². The topological polar surface area (TPSA) is 312 Å². The smallest absolute Gasteiger partial charge is 0.315 e. The molecule has 67 heavy (non-hydrogen) atoms. The van der Waals surface area contributed by atoms with Crippen LogP contribution in [0.1, 0.15) is 106 Å². The average Bonchev–Trinajstić information content (AvgIpc) is 3.28. The first kappa shape index (κ1) is 51.4. The molecule has 8 rings (SSSR count). The van der Waals surface area contributed by atoms with E-state index >= 15 is 0 Å². The van der Waals surface area contributed by atoms with Gasteiger partial charge in [-0.05, 0) is 111 Å². The Bertz CT molecular complexity index is 1860. The van der Waals surface area contributed by atoms with Gasteiger partial charge in [-0.2, -0.15) is 0 Å². The first-order valence-electron chi connectivity index (χ1n) is 24.5. The Labute approximate surface area is 391 Å². The minimum absolute atomic E-state index is 0.0350. The van der Waals surface area contributed by atoms with Crippen LogP contribution in [0.4, 0.5) is 0 Å². The highest BCUT2D eigenvalue weighted by molar-refractivity contribution is 5.85. The molecule has 8 aliphatic rings. The zero-order valence-corrected chi connectivity index (χ0v) is 39.7. The maximum atomic E-state index is 14.7. The van der Waals surface area contributed by atoms with Gasteiger partial charge in [-0.15, -0.1) is 0 Å². The highest BCUT2D eigenvalue weighted by Gasteiger charge is 2.74. The Morgan fingerprint density at radius 2 is 1.24 bits per heavy atom.